The number of nitrogens with zero attached hydrogens (tertiary/aromatic N) is 3. The molecule has 3 aromatic rings. The van der Waals surface area contributed by atoms with Crippen LogP contribution in [-0.4, -0.2) is 22.4 Å². The molecule has 4 rings (SSSR count). The van der Waals surface area contributed by atoms with E-state index in [2.05, 4.69) is 4.98 Å². The van der Waals surface area contributed by atoms with Crippen LogP contribution in [0.5, 0.6) is 5.75 Å². The fourth-order valence-corrected chi connectivity index (χ4v) is 2.98. The molecule has 0 saturated carbocycles. The molecule has 0 aliphatic carbocycles. The quantitative estimate of drug-likeness (QED) is 0.699. The third-order valence-electron chi connectivity index (χ3n) is 4.18. The summed E-state index contributed by atoms with van der Waals surface area (Å²) in [5.41, 5.74) is 1.92. The third-order valence-corrected chi connectivity index (χ3v) is 4.18. The van der Waals surface area contributed by atoms with Crippen LogP contribution in [0.3, 0.4) is 0 Å². The zero-order valence-corrected chi connectivity index (χ0v) is 12.4. The number of carbonyl (C=O) groups is 1. The molecular formula is C17H14FN3O2. The van der Waals surface area contributed by atoms with E-state index in [1.807, 2.05) is 28.9 Å². The summed E-state index contributed by atoms with van der Waals surface area (Å²) in [6, 6.07) is 8.32. The maximum absolute atomic E-state index is 14.5. The molecule has 1 aromatic carbocycles. The maximum Gasteiger partial charge on any atom is 0.230 e. The molecule has 1 aliphatic rings. The number of hydrogen-bond acceptors (Lipinski definition) is 3. The molecule has 0 spiro atoms. The van der Waals surface area contributed by atoms with Gasteiger partial charge in [0.25, 0.3) is 0 Å². The predicted molar refractivity (Wildman–Crippen MR) is 83.0 cm³/mol. The van der Waals surface area contributed by atoms with E-state index in [0.717, 1.165) is 5.65 Å². The van der Waals surface area contributed by atoms with Crippen LogP contribution in [0.1, 0.15) is 18.0 Å². The summed E-state index contributed by atoms with van der Waals surface area (Å²) < 4.78 is 21.4. The zero-order valence-electron chi connectivity index (χ0n) is 12.4. The van der Waals surface area contributed by atoms with Gasteiger partial charge in [-0.25, -0.2) is 9.37 Å². The Balaban J connectivity index is 1.74. The molecule has 23 heavy (non-hydrogen) atoms. The van der Waals surface area contributed by atoms with Gasteiger partial charge >= 0.3 is 0 Å². The maximum atomic E-state index is 14.5. The SMILES string of the molecule is COc1cccc([C@H]2CC(=O)N2c2ccn3ccnc3c2)c1F. The smallest absolute Gasteiger partial charge is 0.230 e. The van der Waals surface area contributed by atoms with Crippen LogP contribution in [0.2, 0.25) is 0 Å². The van der Waals surface area contributed by atoms with Crippen LogP contribution in [0.15, 0.2) is 48.9 Å². The molecule has 5 nitrogen and oxygen atoms in total. The Morgan fingerprint density at radius 3 is 2.96 bits per heavy atom. The fraction of sp³-hybridized carbons (Fsp3) is 0.176. The van der Waals surface area contributed by atoms with E-state index >= 15 is 0 Å². The minimum atomic E-state index is -0.417. The van der Waals surface area contributed by atoms with E-state index in [-0.39, 0.29) is 24.1 Å². The Kier molecular flexibility index (Phi) is 3.04. The molecule has 1 aliphatic heterocycles. The Hall–Kier alpha value is -2.89. The molecule has 1 atom stereocenters. The van der Waals surface area contributed by atoms with Crippen molar-refractivity contribution in [3.05, 3.63) is 60.3 Å². The highest BCUT2D eigenvalue weighted by atomic mass is 19.1. The van der Waals surface area contributed by atoms with Crippen LogP contribution in [0.25, 0.3) is 5.65 Å². The Labute approximate surface area is 131 Å². The highest BCUT2D eigenvalue weighted by Gasteiger charge is 2.40. The fourth-order valence-electron chi connectivity index (χ4n) is 2.98. The first kappa shape index (κ1) is 13.8. The average molecular weight is 311 g/mol. The lowest BCUT2D eigenvalue weighted by Gasteiger charge is -2.40. The number of benzene rings is 1. The second-order valence-corrected chi connectivity index (χ2v) is 5.42. The van der Waals surface area contributed by atoms with Crippen molar-refractivity contribution in [1.82, 2.24) is 9.38 Å². The first-order chi connectivity index (χ1) is 11.2. The predicted octanol–water partition coefficient (Wildman–Crippen LogP) is 2.96. The van der Waals surface area contributed by atoms with E-state index < -0.39 is 5.82 Å². The lowest BCUT2D eigenvalue weighted by molar-refractivity contribution is -0.124. The summed E-state index contributed by atoms with van der Waals surface area (Å²) in [7, 11) is 1.43. The molecule has 1 fully saturated rings. The second-order valence-electron chi connectivity index (χ2n) is 5.42. The average Bonchev–Trinajstić information content (AvgIpc) is 3.01. The number of β-lactam (4-membered cyclic amide) rings is 1. The van der Waals surface area contributed by atoms with Gasteiger partial charge in [0.05, 0.1) is 19.6 Å². The number of anilines is 1. The number of rotatable bonds is 3. The number of ether oxygens (including phenoxy) is 1. The molecule has 3 heterocycles. The molecule has 0 unspecified atom stereocenters. The van der Waals surface area contributed by atoms with Crippen molar-refractivity contribution < 1.29 is 13.9 Å². The molecular weight excluding hydrogens is 297 g/mol. The van der Waals surface area contributed by atoms with Gasteiger partial charge in [-0.15, -0.1) is 0 Å². The van der Waals surface area contributed by atoms with E-state index in [1.165, 1.54) is 7.11 Å². The third kappa shape index (κ3) is 2.06. The Morgan fingerprint density at radius 1 is 1.30 bits per heavy atom. The van der Waals surface area contributed by atoms with Crippen molar-refractivity contribution >= 4 is 17.2 Å². The minimum Gasteiger partial charge on any atom is -0.494 e. The number of methoxy groups -OCH3 is 1. The van der Waals surface area contributed by atoms with Crippen molar-refractivity contribution in [2.24, 2.45) is 0 Å². The normalized spacial score (nSPS) is 17.4. The highest BCUT2D eigenvalue weighted by Crippen LogP contribution is 2.41. The van der Waals surface area contributed by atoms with E-state index in [0.29, 0.717) is 11.3 Å². The monoisotopic (exact) mass is 311 g/mol. The topological polar surface area (TPSA) is 46.8 Å². The van der Waals surface area contributed by atoms with Crippen LogP contribution in [0.4, 0.5) is 10.1 Å². The molecule has 116 valence electrons. The largest absolute Gasteiger partial charge is 0.494 e. The minimum absolute atomic E-state index is 0.0341. The van der Waals surface area contributed by atoms with Crippen LogP contribution >= 0.6 is 0 Å². The van der Waals surface area contributed by atoms with Crippen LogP contribution in [0, 0.1) is 5.82 Å². The summed E-state index contributed by atoms with van der Waals surface area (Å²) in [5, 5.41) is 0. The van der Waals surface area contributed by atoms with Gasteiger partial charge in [0.1, 0.15) is 5.65 Å². The number of hydrogen-bond donors (Lipinski definition) is 0. The van der Waals surface area contributed by atoms with Crippen molar-refractivity contribution in [1.29, 1.82) is 0 Å². The lowest BCUT2D eigenvalue weighted by Crippen LogP contribution is -2.47. The zero-order chi connectivity index (χ0) is 16.0. The van der Waals surface area contributed by atoms with Gasteiger partial charge in [0.15, 0.2) is 11.6 Å². The van der Waals surface area contributed by atoms with Crippen molar-refractivity contribution in [2.45, 2.75) is 12.5 Å². The Morgan fingerprint density at radius 2 is 2.17 bits per heavy atom. The summed E-state index contributed by atoms with van der Waals surface area (Å²) in [6.07, 6.45) is 5.64. The summed E-state index contributed by atoms with van der Waals surface area (Å²) >= 11 is 0. The van der Waals surface area contributed by atoms with E-state index in [1.54, 1.807) is 29.3 Å². The highest BCUT2D eigenvalue weighted by molar-refractivity contribution is 6.01. The number of imidazole rings is 1. The first-order valence-corrected chi connectivity index (χ1v) is 7.26. The summed E-state index contributed by atoms with van der Waals surface area (Å²) in [4.78, 5) is 17.9. The van der Waals surface area contributed by atoms with Crippen molar-refractivity contribution in [3.63, 3.8) is 0 Å². The lowest BCUT2D eigenvalue weighted by atomic mass is 9.92. The number of halogens is 1. The molecule has 0 bridgehead atoms. The van der Waals surface area contributed by atoms with Gasteiger partial charge in [-0.1, -0.05) is 12.1 Å². The van der Waals surface area contributed by atoms with Gasteiger partial charge in [-0.3, -0.25) is 4.79 Å². The molecule has 2 aromatic heterocycles. The van der Waals surface area contributed by atoms with Crippen molar-refractivity contribution in [2.75, 3.05) is 12.0 Å². The summed E-state index contributed by atoms with van der Waals surface area (Å²) in [5.74, 6) is -0.266. The number of fused-ring (bicyclic) bond motifs is 1. The van der Waals surface area contributed by atoms with E-state index in [9.17, 15) is 9.18 Å². The first-order valence-electron chi connectivity index (χ1n) is 7.26. The number of pyridine rings is 1. The van der Waals surface area contributed by atoms with Gasteiger partial charge in [0.2, 0.25) is 5.91 Å². The van der Waals surface area contributed by atoms with Crippen molar-refractivity contribution in [3.8, 4) is 5.75 Å². The van der Waals surface area contributed by atoms with E-state index in [4.69, 9.17) is 4.74 Å². The van der Waals surface area contributed by atoms with Crippen LogP contribution < -0.4 is 9.64 Å². The molecule has 1 saturated heterocycles. The second kappa shape index (κ2) is 5.08. The molecule has 6 heteroatoms. The molecule has 0 N–H and O–H groups in total. The standard InChI is InChI=1S/C17H14FN3O2/c1-23-14-4-2-3-12(17(14)18)13-10-16(22)21(13)11-5-7-20-8-6-19-15(20)9-11/h2-9,13H,10H2,1H3/t13-/m1/s1. The van der Waals surface area contributed by atoms with Crippen LogP contribution in [-0.2, 0) is 4.79 Å². The number of aromatic nitrogens is 2. The number of amides is 1. The van der Waals surface area contributed by atoms with Gasteiger partial charge in [-0.05, 0) is 12.1 Å². The molecule has 1 amide bonds. The number of carbonyl (C=O) groups excluding carboxylic acids is 1. The molecule has 0 radical (unpaired) electrons. The summed E-state index contributed by atoms with van der Waals surface area (Å²) in [6.45, 7) is 0. The van der Waals surface area contributed by atoms with Gasteiger partial charge < -0.3 is 14.0 Å². The van der Waals surface area contributed by atoms with Gasteiger partial charge in [0, 0.05) is 35.9 Å². The Bertz CT molecular complexity index is 906. The van der Waals surface area contributed by atoms with Gasteiger partial charge in [-0.2, -0.15) is 0 Å².